The first-order valence-electron chi connectivity index (χ1n) is 6.36. The first-order valence-corrected chi connectivity index (χ1v) is 6.73. The molecule has 0 bridgehead atoms. The Morgan fingerprint density at radius 3 is 3.00 bits per heavy atom. The number of para-hydroxylation sites is 1. The summed E-state index contributed by atoms with van der Waals surface area (Å²) in [5.74, 6) is 1.61. The second-order valence-electron chi connectivity index (χ2n) is 4.59. The van der Waals surface area contributed by atoms with Gasteiger partial charge >= 0.3 is 0 Å². The summed E-state index contributed by atoms with van der Waals surface area (Å²) in [4.78, 5) is 4.22. The quantitative estimate of drug-likeness (QED) is 0.934. The van der Waals surface area contributed by atoms with Crippen molar-refractivity contribution in [2.75, 3.05) is 13.1 Å². The van der Waals surface area contributed by atoms with Crippen LogP contribution >= 0.6 is 11.6 Å². The first-order chi connectivity index (χ1) is 9.34. The lowest BCUT2D eigenvalue weighted by atomic mass is 10.0. The third-order valence-electron chi connectivity index (χ3n) is 3.31. The van der Waals surface area contributed by atoms with Crippen LogP contribution in [0.25, 0.3) is 0 Å². The van der Waals surface area contributed by atoms with Gasteiger partial charge in [-0.1, -0.05) is 23.7 Å². The minimum absolute atomic E-state index is 0.204. The molecule has 2 aromatic rings. The van der Waals surface area contributed by atoms with Crippen molar-refractivity contribution in [3.8, 4) is 5.75 Å². The van der Waals surface area contributed by atoms with E-state index in [0.29, 0.717) is 22.6 Å². The highest BCUT2D eigenvalue weighted by Crippen LogP contribution is 2.34. The minimum atomic E-state index is -0.204. The lowest BCUT2D eigenvalue weighted by Gasteiger charge is -2.22. The predicted molar refractivity (Wildman–Crippen MR) is 72.3 cm³/mol. The molecule has 2 atom stereocenters. The summed E-state index contributed by atoms with van der Waals surface area (Å²) in [6.07, 6.45) is 4.05. The Morgan fingerprint density at radius 2 is 2.32 bits per heavy atom. The van der Waals surface area contributed by atoms with Gasteiger partial charge in [0, 0.05) is 12.5 Å². The molecule has 5 heteroatoms. The Kier molecular flexibility index (Phi) is 3.71. The van der Waals surface area contributed by atoms with Crippen LogP contribution in [0.1, 0.15) is 18.4 Å². The van der Waals surface area contributed by atoms with Gasteiger partial charge in [-0.05, 0) is 25.1 Å². The normalized spacial score (nSPS) is 20.4. The smallest absolute Gasteiger partial charge is 0.235 e. The van der Waals surface area contributed by atoms with Gasteiger partial charge in [-0.2, -0.15) is 0 Å². The van der Waals surface area contributed by atoms with Gasteiger partial charge in [0.15, 0.2) is 6.10 Å². The molecular formula is C14H15ClN2O2. The molecule has 0 aliphatic carbocycles. The van der Waals surface area contributed by atoms with Crippen LogP contribution in [0, 0.1) is 5.92 Å². The molecule has 2 heterocycles. The van der Waals surface area contributed by atoms with E-state index in [4.69, 9.17) is 20.8 Å². The van der Waals surface area contributed by atoms with E-state index in [1.165, 1.54) is 0 Å². The van der Waals surface area contributed by atoms with Crippen LogP contribution in [-0.2, 0) is 0 Å². The van der Waals surface area contributed by atoms with Crippen LogP contribution < -0.4 is 10.1 Å². The summed E-state index contributed by atoms with van der Waals surface area (Å²) in [6, 6.07) is 7.46. The van der Waals surface area contributed by atoms with Gasteiger partial charge < -0.3 is 14.5 Å². The summed E-state index contributed by atoms with van der Waals surface area (Å²) in [5, 5.41) is 3.93. The van der Waals surface area contributed by atoms with E-state index < -0.39 is 0 Å². The number of benzene rings is 1. The molecule has 0 spiro atoms. The number of hydrogen-bond acceptors (Lipinski definition) is 4. The Balaban J connectivity index is 1.85. The molecule has 0 saturated carbocycles. The molecule has 1 aliphatic heterocycles. The Morgan fingerprint density at radius 1 is 1.42 bits per heavy atom. The Labute approximate surface area is 116 Å². The van der Waals surface area contributed by atoms with Crippen LogP contribution in [0.3, 0.4) is 0 Å². The highest BCUT2D eigenvalue weighted by molar-refractivity contribution is 6.32. The van der Waals surface area contributed by atoms with Crippen LogP contribution in [-0.4, -0.2) is 18.1 Å². The van der Waals surface area contributed by atoms with Crippen LogP contribution in [0.2, 0.25) is 5.02 Å². The number of halogens is 1. The SMILES string of the molecule is Clc1ccccc1OC(c1ncco1)[C@H]1CCNC1. The van der Waals surface area contributed by atoms with Crippen molar-refractivity contribution >= 4 is 11.6 Å². The van der Waals surface area contributed by atoms with E-state index >= 15 is 0 Å². The molecule has 1 unspecified atom stereocenters. The highest BCUT2D eigenvalue weighted by atomic mass is 35.5. The zero-order valence-electron chi connectivity index (χ0n) is 10.4. The second kappa shape index (κ2) is 5.63. The topological polar surface area (TPSA) is 47.3 Å². The summed E-state index contributed by atoms with van der Waals surface area (Å²) < 4.78 is 11.5. The molecule has 1 fully saturated rings. The lowest BCUT2D eigenvalue weighted by molar-refractivity contribution is 0.114. The Bertz CT molecular complexity index is 524. The van der Waals surface area contributed by atoms with Gasteiger partial charge in [0.05, 0.1) is 11.2 Å². The van der Waals surface area contributed by atoms with Crippen LogP contribution in [0.15, 0.2) is 41.1 Å². The van der Waals surface area contributed by atoms with E-state index in [2.05, 4.69) is 10.3 Å². The standard InChI is InChI=1S/C14H15ClN2O2/c15-11-3-1-2-4-12(11)19-13(10-5-6-16-9-10)14-17-7-8-18-14/h1-4,7-8,10,13,16H,5-6,9H2/t10-,13?/m0/s1. The summed E-state index contributed by atoms with van der Waals surface area (Å²) in [5.41, 5.74) is 0. The van der Waals surface area contributed by atoms with Crippen molar-refractivity contribution in [3.05, 3.63) is 47.6 Å². The van der Waals surface area contributed by atoms with Crippen molar-refractivity contribution < 1.29 is 9.15 Å². The first kappa shape index (κ1) is 12.5. The van der Waals surface area contributed by atoms with Gasteiger partial charge in [-0.25, -0.2) is 4.98 Å². The van der Waals surface area contributed by atoms with E-state index in [9.17, 15) is 0 Å². The maximum atomic E-state index is 6.14. The van der Waals surface area contributed by atoms with Gasteiger partial charge in [-0.15, -0.1) is 0 Å². The second-order valence-corrected chi connectivity index (χ2v) is 5.00. The maximum absolute atomic E-state index is 6.14. The van der Waals surface area contributed by atoms with Gasteiger partial charge in [0.2, 0.25) is 5.89 Å². The third kappa shape index (κ3) is 2.74. The number of oxazole rings is 1. The van der Waals surface area contributed by atoms with Gasteiger partial charge in [0.25, 0.3) is 0 Å². The number of nitrogens with one attached hydrogen (secondary N) is 1. The summed E-state index contributed by atoms with van der Waals surface area (Å²) >= 11 is 6.14. The zero-order chi connectivity index (χ0) is 13.1. The molecular weight excluding hydrogens is 264 g/mol. The van der Waals surface area contributed by atoms with Crippen molar-refractivity contribution in [1.82, 2.24) is 10.3 Å². The van der Waals surface area contributed by atoms with Crippen molar-refractivity contribution in [2.45, 2.75) is 12.5 Å². The van der Waals surface area contributed by atoms with Crippen LogP contribution in [0.5, 0.6) is 5.75 Å². The molecule has 19 heavy (non-hydrogen) atoms. The fourth-order valence-corrected chi connectivity index (χ4v) is 2.52. The molecule has 1 aromatic heterocycles. The van der Waals surface area contributed by atoms with Crippen molar-refractivity contribution in [2.24, 2.45) is 5.92 Å². The molecule has 1 N–H and O–H groups in total. The highest BCUT2D eigenvalue weighted by Gasteiger charge is 2.31. The van der Waals surface area contributed by atoms with E-state index in [0.717, 1.165) is 19.5 Å². The number of nitrogens with zero attached hydrogens (tertiary/aromatic N) is 1. The number of rotatable bonds is 4. The number of aromatic nitrogens is 1. The monoisotopic (exact) mass is 278 g/mol. The average Bonchev–Trinajstić information content (AvgIpc) is 3.11. The zero-order valence-corrected chi connectivity index (χ0v) is 11.1. The summed E-state index contributed by atoms with van der Waals surface area (Å²) in [6.45, 7) is 1.89. The fourth-order valence-electron chi connectivity index (χ4n) is 2.34. The average molecular weight is 279 g/mol. The molecule has 0 radical (unpaired) electrons. The molecule has 100 valence electrons. The van der Waals surface area contributed by atoms with Gasteiger partial charge in [-0.3, -0.25) is 0 Å². The van der Waals surface area contributed by atoms with Crippen LogP contribution in [0.4, 0.5) is 0 Å². The molecule has 1 saturated heterocycles. The number of hydrogen-bond donors (Lipinski definition) is 1. The lowest BCUT2D eigenvalue weighted by Crippen LogP contribution is -2.21. The maximum Gasteiger partial charge on any atom is 0.235 e. The van der Waals surface area contributed by atoms with Crippen molar-refractivity contribution in [1.29, 1.82) is 0 Å². The molecule has 0 amide bonds. The molecule has 4 nitrogen and oxygen atoms in total. The van der Waals surface area contributed by atoms with E-state index in [-0.39, 0.29) is 6.10 Å². The third-order valence-corrected chi connectivity index (χ3v) is 3.62. The fraction of sp³-hybridized carbons (Fsp3) is 0.357. The Hall–Kier alpha value is -1.52. The predicted octanol–water partition coefficient (Wildman–Crippen LogP) is 3.06. The summed E-state index contributed by atoms with van der Waals surface area (Å²) in [7, 11) is 0. The minimum Gasteiger partial charge on any atom is -0.479 e. The van der Waals surface area contributed by atoms with E-state index in [1.807, 2.05) is 24.3 Å². The molecule has 1 aromatic carbocycles. The molecule has 1 aliphatic rings. The van der Waals surface area contributed by atoms with E-state index in [1.54, 1.807) is 12.5 Å². The number of ether oxygens (including phenoxy) is 1. The molecule has 3 rings (SSSR count). The van der Waals surface area contributed by atoms with Crippen molar-refractivity contribution in [3.63, 3.8) is 0 Å². The van der Waals surface area contributed by atoms with Gasteiger partial charge in [0.1, 0.15) is 12.0 Å². The largest absolute Gasteiger partial charge is 0.479 e.